The summed E-state index contributed by atoms with van der Waals surface area (Å²) in [6.45, 7) is 1.73. The maximum Gasteiger partial charge on any atom is 0.226 e. The largest absolute Gasteiger partial charge is 0.381 e. The third-order valence-corrected chi connectivity index (χ3v) is 5.36. The van der Waals surface area contributed by atoms with Gasteiger partial charge < -0.3 is 10.1 Å². The highest BCUT2D eigenvalue weighted by Gasteiger charge is 2.33. The van der Waals surface area contributed by atoms with Gasteiger partial charge in [0.25, 0.3) is 0 Å². The number of ether oxygens (including phenoxy) is 1. The first-order chi connectivity index (χ1) is 12.2. The van der Waals surface area contributed by atoms with Gasteiger partial charge in [-0.05, 0) is 36.8 Å². The molecule has 2 atom stereocenters. The minimum absolute atomic E-state index is 0.0720. The lowest BCUT2D eigenvalue weighted by atomic mass is 9.82. The van der Waals surface area contributed by atoms with Crippen LogP contribution in [0.2, 0.25) is 0 Å². The minimum Gasteiger partial charge on any atom is -0.381 e. The quantitative estimate of drug-likeness (QED) is 0.911. The normalized spacial score (nSPS) is 23.4. The molecule has 132 valence electrons. The Bertz CT molecular complexity index is 737. The average molecular weight is 339 g/mol. The predicted octanol–water partition coefficient (Wildman–Crippen LogP) is 2.73. The zero-order valence-corrected chi connectivity index (χ0v) is 14.6. The molecule has 1 aromatic carbocycles. The zero-order valence-electron chi connectivity index (χ0n) is 14.6. The molecule has 5 heteroatoms. The van der Waals surface area contributed by atoms with E-state index < -0.39 is 0 Å². The molecule has 0 bridgehead atoms. The van der Waals surface area contributed by atoms with Crippen molar-refractivity contribution in [2.45, 2.75) is 37.6 Å². The van der Waals surface area contributed by atoms with E-state index in [1.54, 1.807) is 0 Å². The number of aryl methyl sites for hydroxylation is 1. The van der Waals surface area contributed by atoms with Gasteiger partial charge in [0.05, 0.1) is 30.5 Å². The molecule has 0 spiro atoms. The predicted molar refractivity (Wildman–Crippen MR) is 95.1 cm³/mol. The van der Waals surface area contributed by atoms with Gasteiger partial charge in [0, 0.05) is 19.6 Å². The Hall–Kier alpha value is -2.14. The lowest BCUT2D eigenvalue weighted by molar-refractivity contribution is -0.130. The molecular weight excluding hydrogens is 314 g/mol. The summed E-state index contributed by atoms with van der Waals surface area (Å²) in [5.41, 5.74) is 3.45. The number of nitrogens with one attached hydrogen (secondary N) is 1. The van der Waals surface area contributed by atoms with Gasteiger partial charge in [-0.2, -0.15) is 5.10 Å². The van der Waals surface area contributed by atoms with Crippen molar-refractivity contribution in [3.05, 3.63) is 53.3 Å². The molecule has 1 N–H and O–H groups in total. The Morgan fingerprint density at radius 3 is 2.84 bits per heavy atom. The molecule has 1 amide bonds. The number of carbonyl (C=O) groups is 1. The highest BCUT2D eigenvalue weighted by Crippen LogP contribution is 2.39. The second-order valence-corrected chi connectivity index (χ2v) is 7.16. The summed E-state index contributed by atoms with van der Waals surface area (Å²) in [5, 5.41) is 7.67. The van der Waals surface area contributed by atoms with Gasteiger partial charge in [0.2, 0.25) is 5.91 Å². The van der Waals surface area contributed by atoms with Crippen LogP contribution in [0.15, 0.2) is 36.4 Å². The topological polar surface area (TPSA) is 56.2 Å². The van der Waals surface area contributed by atoms with Crippen molar-refractivity contribution < 1.29 is 9.53 Å². The van der Waals surface area contributed by atoms with Crippen LogP contribution in [0.25, 0.3) is 0 Å². The van der Waals surface area contributed by atoms with Crippen LogP contribution in [0.1, 0.15) is 48.0 Å². The number of aromatic nitrogens is 2. The third-order valence-electron chi connectivity index (χ3n) is 5.36. The first-order valence-corrected chi connectivity index (χ1v) is 9.15. The Morgan fingerprint density at radius 2 is 2.08 bits per heavy atom. The molecule has 2 aromatic rings. The summed E-state index contributed by atoms with van der Waals surface area (Å²) >= 11 is 0. The van der Waals surface area contributed by atoms with Crippen molar-refractivity contribution in [1.82, 2.24) is 15.1 Å². The number of hydrogen-bond acceptors (Lipinski definition) is 3. The second-order valence-electron chi connectivity index (χ2n) is 7.16. The van der Waals surface area contributed by atoms with Crippen molar-refractivity contribution in [2.75, 3.05) is 13.2 Å². The van der Waals surface area contributed by atoms with Gasteiger partial charge in [0.15, 0.2) is 0 Å². The lowest BCUT2D eigenvalue weighted by Gasteiger charge is -2.31. The van der Waals surface area contributed by atoms with Gasteiger partial charge in [-0.1, -0.05) is 30.3 Å². The highest BCUT2D eigenvalue weighted by molar-refractivity contribution is 5.80. The van der Waals surface area contributed by atoms with E-state index in [1.165, 1.54) is 18.4 Å². The molecule has 1 saturated heterocycles. The maximum absolute atomic E-state index is 12.8. The molecule has 0 radical (unpaired) electrons. The van der Waals surface area contributed by atoms with Gasteiger partial charge >= 0.3 is 0 Å². The molecule has 2 fully saturated rings. The monoisotopic (exact) mass is 339 g/mol. The fraction of sp³-hybridized carbons (Fsp3) is 0.500. The Morgan fingerprint density at radius 1 is 1.28 bits per heavy atom. The van der Waals surface area contributed by atoms with Crippen LogP contribution in [-0.2, 0) is 23.1 Å². The number of amides is 1. The summed E-state index contributed by atoms with van der Waals surface area (Å²) in [7, 11) is 1.95. The smallest absolute Gasteiger partial charge is 0.226 e. The van der Waals surface area contributed by atoms with Gasteiger partial charge in [-0.25, -0.2) is 0 Å². The Balaban J connectivity index is 1.42. The van der Waals surface area contributed by atoms with E-state index in [2.05, 4.69) is 28.6 Å². The van der Waals surface area contributed by atoms with Gasteiger partial charge in [-0.3, -0.25) is 9.48 Å². The number of rotatable bonds is 5. The molecule has 4 rings (SSSR count). The molecule has 1 aliphatic carbocycles. The van der Waals surface area contributed by atoms with Crippen molar-refractivity contribution in [3.8, 4) is 0 Å². The van der Waals surface area contributed by atoms with Crippen molar-refractivity contribution in [2.24, 2.45) is 13.0 Å². The van der Waals surface area contributed by atoms with Crippen LogP contribution in [0, 0.1) is 5.92 Å². The molecule has 0 unspecified atom stereocenters. The molecule has 2 heterocycles. The van der Waals surface area contributed by atoms with Crippen LogP contribution >= 0.6 is 0 Å². The molecule has 2 aliphatic rings. The number of benzene rings is 1. The molecular formula is C20H25N3O2. The lowest BCUT2D eigenvalue weighted by Crippen LogP contribution is -2.39. The van der Waals surface area contributed by atoms with Crippen LogP contribution < -0.4 is 5.32 Å². The first kappa shape index (κ1) is 16.3. The van der Waals surface area contributed by atoms with E-state index in [0.717, 1.165) is 24.4 Å². The number of nitrogens with zero attached hydrogens (tertiary/aromatic N) is 2. The summed E-state index contributed by atoms with van der Waals surface area (Å²) in [5.74, 6) is 0.795. The first-order valence-electron chi connectivity index (χ1n) is 9.15. The van der Waals surface area contributed by atoms with Crippen LogP contribution in [0.3, 0.4) is 0 Å². The van der Waals surface area contributed by atoms with Crippen LogP contribution in [-0.4, -0.2) is 28.9 Å². The van der Waals surface area contributed by atoms with Crippen molar-refractivity contribution >= 4 is 5.91 Å². The molecule has 25 heavy (non-hydrogen) atoms. The molecule has 1 saturated carbocycles. The van der Waals surface area contributed by atoms with Crippen LogP contribution in [0.5, 0.6) is 0 Å². The molecule has 1 aliphatic heterocycles. The fourth-order valence-electron chi connectivity index (χ4n) is 3.68. The zero-order chi connectivity index (χ0) is 17.2. The fourth-order valence-corrected chi connectivity index (χ4v) is 3.68. The standard InChI is InChI=1S/C20H25N3O2/c1-23-16(11-19(22-23)15-7-8-15)12-21-20(24)18-13-25-10-9-17(18)14-5-3-2-4-6-14/h2-6,11,15,17-18H,7-10,12-13H2,1H3,(H,21,24)/t17-,18-/m1/s1. The SMILES string of the molecule is Cn1nc(C2CC2)cc1CNC(=O)[C@@H]1COCC[C@@H]1c1ccccc1. The van der Waals surface area contributed by atoms with Crippen molar-refractivity contribution in [3.63, 3.8) is 0 Å². The van der Waals surface area contributed by atoms with E-state index in [4.69, 9.17) is 4.74 Å². The summed E-state index contributed by atoms with van der Waals surface area (Å²) in [4.78, 5) is 12.8. The van der Waals surface area contributed by atoms with Crippen molar-refractivity contribution in [1.29, 1.82) is 0 Å². The number of carbonyl (C=O) groups excluding carboxylic acids is 1. The second kappa shape index (κ2) is 7.00. The van der Waals surface area contributed by atoms with E-state index in [-0.39, 0.29) is 17.7 Å². The Kier molecular flexibility index (Phi) is 4.57. The summed E-state index contributed by atoms with van der Waals surface area (Å²) < 4.78 is 7.49. The van der Waals surface area contributed by atoms with E-state index in [0.29, 0.717) is 19.1 Å². The molecule has 5 nitrogen and oxygen atoms in total. The minimum atomic E-state index is -0.132. The molecule has 1 aromatic heterocycles. The van der Waals surface area contributed by atoms with E-state index >= 15 is 0 Å². The van der Waals surface area contributed by atoms with Gasteiger partial charge in [0.1, 0.15) is 0 Å². The summed E-state index contributed by atoms with van der Waals surface area (Å²) in [6, 6.07) is 12.4. The Labute approximate surface area is 148 Å². The average Bonchev–Trinajstić information content (AvgIpc) is 3.44. The number of hydrogen-bond donors (Lipinski definition) is 1. The summed E-state index contributed by atoms with van der Waals surface area (Å²) in [6.07, 6.45) is 3.36. The van der Waals surface area contributed by atoms with Crippen LogP contribution in [0.4, 0.5) is 0 Å². The third kappa shape index (κ3) is 3.61. The van der Waals surface area contributed by atoms with E-state index in [1.807, 2.05) is 29.9 Å². The maximum atomic E-state index is 12.8. The van der Waals surface area contributed by atoms with Gasteiger partial charge in [-0.15, -0.1) is 0 Å². The highest BCUT2D eigenvalue weighted by atomic mass is 16.5. The van der Waals surface area contributed by atoms with E-state index in [9.17, 15) is 4.79 Å².